The third kappa shape index (κ3) is 3.72. The standard InChI is InChI=1S/C8H12N4O5/c1-8(16,2-4(13)14)3-10-7(15)5-6(9)12-17-11-5/h16H,2-3H2,1H3,(H2,9,12)(H,10,15)(H,13,14). The summed E-state index contributed by atoms with van der Waals surface area (Å²) in [7, 11) is 0. The summed E-state index contributed by atoms with van der Waals surface area (Å²) in [4.78, 5) is 21.9. The number of nitrogens with zero attached hydrogens (tertiary/aromatic N) is 2. The van der Waals surface area contributed by atoms with Gasteiger partial charge in [0.1, 0.15) is 0 Å². The molecule has 0 bridgehead atoms. The maximum atomic E-state index is 11.4. The van der Waals surface area contributed by atoms with Crippen LogP contribution in [-0.2, 0) is 4.79 Å². The van der Waals surface area contributed by atoms with Gasteiger partial charge >= 0.3 is 5.97 Å². The smallest absolute Gasteiger partial charge is 0.306 e. The van der Waals surface area contributed by atoms with E-state index < -0.39 is 23.9 Å². The number of amides is 1. The Bertz CT molecular complexity index is 427. The molecule has 0 saturated carbocycles. The third-order valence-electron chi connectivity index (χ3n) is 1.89. The Morgan fingerprint density at radius 3 is 2.65 bits per heavy atom. The Balaban J connectivity index is 2.54. The van der Waals surface area contributed by atoms with E-state index in [4.69, 9.17) is 10.8 Å². The topological polar surface area (TPSA) is 152 Å². The highest BCUT2D eigenvalue weighted by Gasteiger charge is 2.26. The molecule has 0 spiro atoms. The lowest BCUT2D eigenvalue weighted by atomic mass is 10.0. The summed E-state index contributed by atoms with van der Waals surface area (Å²) in [6.45, 7) is 1.02. The summed E-state index contributed by atoms with van der Waals surface area (Å²) in [5.74, 6) is -2.05. The highest BCUT2D eigenvalue weighted by atomic mass is 16.6. The van der Waals surface area contributed by atoms with E-state index in [1.165, 1.54) is 6.92 Å². The number of nitrogen functional groups attached to an aromatic ring is 1. The van der Waals surface area contributed by atoms with Crippen LogP contribution in [0.2, 0.25) is 0 Å². The average molecular weight is 244 g/mol. The fourth-order valence-corrected chi connectivity index (χ4v) is 1.10. The molecular formula is C8H12N4O5. The lowest BCUT2D eigenvalue weighted by Gasteiger charge is -2.20. The Morgan fingerprint density at radius 2 is 2.18 bits per heavy atom. The fourth-order valence-electron chi connectivity index (χ4n) is 1.10. The second-order valence-electron chi connectivity index (χ2n) is 3.75. The number of rotatable bonds is 5. The van der Waals surface area contributed by atoms with E-state index in [0.29, 0.717) is 0 Å². The van der Waals surface area contributed by atoms with Gasteiger partial charge in [-0.05, 0) is 17.2 Å². The van der Waals surface area contributed by atoms with Crippen LogP contribution in [-0.4, -0.2) is 44.5 Å². The molecule has 94 valence electrons. The first-order valence-electron chi connectivity index (χ1n) is 4.62. The second kappa shape index (κ2) is 4.78. The van der Waals surface area contributed by atoms with Gasteiger partial charge in [0.15, 0.2) is 0 Å². The molecule has 1 atom stereocenters. The number of carbonyl (C=O) groups excluding carboxylic acids is 1. The molecule has 1 heterocycles. The van der Waals surface area contributed by atoms with Crippen molar-refractivity contribution in [1.82, 2.24) is 15.6 Å². The van der Waals surface area contributed by atoms with Gasteiger partial charge in [-0.15, -0.1) is 0 Å². The van der Waals surface area contributed by atoms with E-state index >= 15 is 0 Å². The minimum absolute atomic E-state index is 0.180. The molecule has 0 fully saturated rings. The molecule has 0 radical (unpaired) electrons. The van der Waals surface area contributed by atoms with Crippen LogP contribution in [0.25, 0.3) is 0 Å². The summed E-state index contributed by atoms with van der Waals surface area (Å²) in [5.41, 5.74) is 3.50. The van der Waals surface area contributed by atoms with E-state index in [0.717, 1.165) is 0 Å². The van der Waals surface area contributed by atoms with Crippen molar-refractivity contribution in [3.05, 3.63) is 5.69 Å². The van der Waals surface area contributed by atoms with Gasteiger partial charge in [-0.1, -0.05) is 0 Å². The van der Waals surface area contributed by atoms with E-state index in [9.17, 15) is 14.7 Å². The number of carboxylic acid groups (broad SMARTS) is 1. The molecule has 0 aliphatic rings. The molecule has 9 nitrogen and oxygen atoms in total. The molecule has 1 amide bonds. The van der Waals surface area contributed by atoms with Gasteiger partial charge in [0.05, 0.1) is 12.0 Å². The quantitative estimate of drug-likeness (QED) is 0.493. The van der Waals surface area contributed by atoms with Gasteiger partial charge in [0.2, 0.25) is 11.5 Å². The van der Waals surface area contributed by atoms with Crippen LogP contribution >= 0.6 is 0 Å². The highest BCUT2D eigenvalue weighted by Crippen LogP contribution is 2.09. The van der Waals surface area contributed by atoms with Crippen LogP contribution in [0.4, 0.5) is 5.82 Å². The summed E-state index contributed by atoms with van der Waals surface area (Å²) in [5, 5.41) is 26.9. The fraction of sp³-hybridized carbons (Fsp3) is 0.500. The van der Waals surface area contributed by atoms with Crippen LogP contribution in [0.15, 0.2) is 4.63 Å². The molecular weight excluding hydrogens is 232 g/mol. The van der Waals surface area contributed by atoms with Gasteiger partial charge < -0.3 is 21.3 Å². The van der Waals surface area contributed by atoms with Crippen molar-refractivity contribution in [3.8, 4) is 0 Å². The normalized spacial score (nSPS) is 14.0. The molecule has 1 aromatic heterocycles. The molecule has 1 unspecified atom stereocenters. The van der Waals surface area contributed by atoms with E-state index in [-0.39, 0.29) is 18.1 Å². The minimum Gasteiger partial charge on any atom is -0.481 e. The predicted octanol–water partition coefficient (Wildman–Crippen LogP) is -1.39. The van der Waals surface area contributed by atoms with Crippen molar-refractivity contribution >= 4 is 17.7 Å². The number of carbonyl (C=O) groups is 2. The lowest BCUT2D eigenvalue weighted by molar-refractivity contribution is -0.141. The molecule has 17 heavy (non-hydrogen) atoms. The van der Waals surface area contributed by atoms with E-state index in [1.807, 2.05) is 0 Å². The number of aliphatic hydroxyl groups is 1. The summed E-state index contributed by atoms with van der Waals surface area (Å²) < 4.78 is 4.22. The summed E-state index contributed by atoms with van der Waals surface area (Å²) in [6, 6.07) is 0. The molecule has 1 rings (SSSR count). The third-order valence-corrected chi connectivity index (χ3v) is 1.89. The average Bonchev–Trinajstić information content (AvgIpc) is 2.59. The van der Waals surface area contributed by atoms with Crippen LogP contribution < -0.4 is 11.1 Å². The zero-order valence-electron chi connectivity index (χ0n) is 9.01. The highest BCUT2D eigenvalue weighted by molar-refractivity contribution is 5.96. The van der Waals surface area contributed by atoms with Crippen molar-refractivity contribution in [2.45, 2.75) is 18.9 Å². The van der Waals surface area contributed by atoms with Gasteiger partial charge in [0, 0.05) is 6.54 Å². The molecule has 0 aromatic carbocycles. The summed E-state index contributed by atoms with van der Waals surface area (Å²) in [6.07, 6.45) is -0.500. The maximum absolute atomic E-state index is 11.4. The zero-order valence-corrected chi connectivity index (χ0v) is 9.01. The maximum Gasteiger partial charge on any atom is 0.306 e. The molecule has 5 N–H and O–H groups in total. The lowest BCUT2D eigenvalue weighted by Crippen LogP contribution is -2.42. The van der Waals surface area contributed by atoms with Crippen LogP contribution in [0.1, 0.15) is 23.8 Å². The SMILES string of the molecule is CC(O)(CNC(=O)c1nonc1N)CC(=O)O. The molecule has 0 aliphatic heterocycles. The number of aromatic nitrogens is 2. The monoisotopic (exact) mass is 244 g/mol. The van der Waals surface area contributed by atoms with Crippen LogP contribution in [0.5, 0.6) is 0 Å². The van der Waals surface area contributed by atoms with Gasteiger partial charge in [-0.3, -0.25) is 9.59 Å². The number of anilines is 1. The number of nitrogens with two attached hydrogens (primary N) is 1. The summed E-state index contributed by atoms with van der Waals surface area (Å²) >= 11 is 0. The van der Waals surface area contributed by atoms with E-state index in [1.54, 1.807) is 0 Å². The van der Waals surface area contributed by atoms with Gasteiger partial charge in [-0.25, -0.2) is 4.63 Å². The zero-order chi connectivity index (χ0) is 13.1. The molecule has 1 aromatic rings. The van der Waals surface area contributed by atoms with Crippen molar-refractivity contribution < 1.29 is 24.4 Å². The molecule has 9 heteroatoms. The Morgan fingerprint density at radius 1 is 1.53 bits per heavy atom. The largest absolute Gasteiger partial charge is 0.481 e. The number of carboxylic acids is 1. The van der Waals surface area contributed by atoms with E-state index in [2.05, 4.69) is 20.3 Å². The first-order valence-corrected chi connectivity index (χ1v) is 4.62. The van der Waals surface area contributed by atoms with Crippen molar-refractivity contribution in [2.24, 2.45) is 0 Å². The van der Waals surface area contributed by atoms with Crippen molar-refractivity contribution in [2.75, 3.05) is 12.3 Å². The van der Waals surface area contributed by atoms with Crippen molar-refractivity contribution in [1.29, 1.82) is 0 Å². The molecule has 0 aliphatic carbocycles. The van der Waals surface area contributed by atoms with Gasteiger partial charge in [0.25, 0.3) is 5.91 Å². The van der Waals surface area contributed by atoms with Crippen LogP contribution in [0.3, 0.4) is 0 Å². The number of hydrogen-bond acceptors (Lipinski definition) is 7. The Hall–Kier alpha value is -2.16. The van der Waals surface area contributed by atoms with Crippen LogP contribution in [0, 0.1) is 0 Å². The Kier molecular flexibility index (Phi) is 3.63. The number of hydrogen-bond donors (Lipinski definition) is 4. The predicted molar refractivity (Wildman–Crippen MR) is 53.9 cm³/mol. The van der Waals surface area contributed by atoms with Gasteiger partial charge in [-0.2, -0.15) is 0 Å². The first kappa shape index (κ1) is 12.9. The van der Waals surface area contributed by atoms with Crippen molar-refractivity contribution in [3.63, 3.8) is 0 Å². The number of aliphatic carboxylic acids is 1. The number of nitrogens with one attached hydrogen (secondary N) is 1. The second-order valence-corrected chi connectivity index (χ2v) is 3.75. The minimum atomic E-state index is -1.56. The molecule has 0 saturated heterocycles. The first-order chi connectivity index (χ1) is 7.82. The Labute approximate surface area is 95.6 Å².